The third-order valence-electron chi connectivity index (χ3n) is 3.34. The van der Waals surface area contributed by atoms with Crippen molar-refractivity contribution in [2.45, 2.75) is 0 Å². The molecule has 0 unspecified atom stereocenters. The Labute approximate surface area is 123 Å². The number of aromatic nitrogens is 5. The third kappa shape index (κ3) is 1.86. The van der Waals surface area contributed by atoms with E-state index in [1.54, 1.807) is 24.5 Å². The molecule has 3 heterocycles. The molecule has 0 aliphatic heterocycles. The zero-order valence-corrected chi connectivity index (χ0v) is 11.2. The number of hydrogen-bond acceptors (Lipinski definition) is 3. The summed E-state index contributed by atoms with van der Waals surface area (Å²) in [5.41, 5.74) is 1.36. The highest BCUT2D eigenvalue weighted by Crippen LogP contribution is 2.26. The standard InChI is InChI=1S/C15H9F2N5/c16-9-2-1-3-10(17)13(9)11-4-5-12-14(15-18-6-7-19-15)20-8-22(12)21-11/h1-8H,(H,18,19). The summed E-state index contributed by atoms with van der Waals surface area (Å²) >= 11 is 0. The lowest BCUT2D eigenvalue weighted by Gasteiger charge is -2.05. The number of benzene rings is 1. The van der Waals surface area contributed by atoms with Crippen LogP contribution in [-0.2, 0) is 0 Å². The first-order chi connectivity index (χ1) is 10.7. The molecule has 0 saturated carbocycles. The number of hydrogen-bond donors (Lipinski definition) is 1. The number of halogens is 2. The van der Waals surface area contributed by atoms with Gasteiger partial charge in [-0.25, -0.2) is 23.3 Å². The minimum absolute atomic E-state index is 0.155. The van der Waals surface area contributed by atoms with Gasteiger partial charge in [-0.3, -0.25) is 0 Å². The van der Waals surface area contributed by atoms with E-state index in [0.29, 0.717) is 17.0 Å². The van der Waals surface area contributed by atoms with E-state index in [0.717, 1.165) is 0 Å². The van der Waals surface area contributed by atoms with E-state index in [1.807, 2.05) is 0 Å². The smallest absolute Gasteiger partial charge is 0.158 e. The molecule has 0 fully saturated rings. The first-order valence-corrected chi connectivity index (χ1v) is 6.52. The third-order valence-corrected chi connectivity index (χ3v) is 3.34. The summed E-state index contributed by atoms with van der Waals surface area (Å²) in [5.74, 6) is -0.703. The van der Waals surface area contributed by atoms with Gasteiger partial charge in [-0.05, 0) is 24.3 Å². The lowest BCUT2D eigenvalue weighted by molar-refractivity contribution is 0.588. The van der Waals surface area contributed by atoms with E-state index < -0.39 is 11.6 Å². The van der Waals surface area contributed by atoms with Gasteiger partial charge in [0.05, 0.1) is 16.8 Å². The molecule has 0 saturated heterocycles. The molecular formula is C15H9F2N5. The second-order valence-electron chi connectivity index (χ2n) is 4.68. The van der Waals surface area contributed by atoms with E-state index in [1.165, 1.54) is 29.0 Å². The first-order valence-electron chi connectivity index (χ1n) is 6.52. The van der Waals surface area contributed by atoms with Gasteiger partial charge < -0.3 is 4.98 Å². The quantitative estimate of drug-likeness (QED) is 0.618. The van der Waals surface area contributed by atoms with Gasteiger partial charge in [-0.1, -0.05) is 6.07 Å². The lowest BCUT2D eigenvalue weighted by Crippen LogP contribution is -1.97. The molecule has 0 bridgehead atoms. The van der Waals surface area contributed by atoms with Gasteiger partial charge >= 0.3 is 0 Å². The second-order valence-corrected chi connectivity index (χ2v) is 4.68. The molecule has 7 heteroatoms. The summed E-state index contributed by atoms with van der Waals surface area (Å²) in [4.78, 5) is 11.3. The van der Waals surface area contributed by atoms with E-state index in [-0.39, 0.29) is 11.3 Å². The van der Waals surface area contributed by atoms with Crippen molar-refractivity contribution < 1.29 is 8.78 Å². The fourth-order valence-corrected chi connectivity index (χ4v) is 2.34. The van der Waals surface area contributed by atoms with E-state index >= 15 is 0 Å². The number of H-pyrrole nitrogens is 1. The van der Waals surface area contributed by atoms with Crippen LogP contribution in [0.2, 0.25) is 0 Å². The normalized spacial score (nSPS) is 11.2. The molecule has 4 rings (SSSR count). The minimum atomic E-state index is -0.654. The maximum absolute atomic E-state index is 13.8. The molecular weight excluding hydrogens is 288 g/mol. The number of nitrogens with one attached hydrogen (secondary N) is 1. The van der Waals surface area contributed by atoms with E-state index in [9.17, 15) is 8.78 Å². The number of fused-ring (bicyclic) bond motifs is 1. The monoisotopic (exact) mass is 297 g/mol. The zero-order valence-electron chi connectivity index (χ0n) is 11.2. The summed E-state index contributed by atoms with van der Waals surface area (Å²) < 4.78 is 29.2. The van der Waals surface area contributed by atoms with Gasteiger partial charge in [0.2, 0.25) is 0 Å². The SMILES string of the molecule is Fc1cccc(F)c1-c1ccc2c(-c3ncc[nH]3)ncn2n1. The lowest BCUT2D eigenvalue weighted by atomic mass is 10.1. The highest BCUT2D eigenvalue weighted by molar-refractivity contribution is 5.74. The fraction of sp³-hybridized carbons (Fsp3) is 0. The fourth-order valence-electron chi connectivity index (χ4n) is 2.34. The van der Waals surface area contributed by atoms with Crippen LogP contribution in [0.4, 0.5) is 8.78 Å². The van der Waals surface area contributed by atoms with Crippen molar-refractivity contribution in [2.24, 2.45) is 0 Å². The number of nitrogens with zero attached hydrogens (tertiary/aromatic N) is 4. The number of rotatable bonds is 2. The highest BCUT2D eigenvalue weighted by atomic mass is 19.1. The molecule has 1 aromatic carbocycles. The van der Waals surface area contributed by atoms with Crippen molar-refractivity contribution >= 4 is 5.52 Å². The Balaban J connectivity index is 1.90. The highest BCUT2D eigenvalue weighted by Gasteiger charge is 2.15. The van der Waals surface area contributed by atoms with Crippen molar-refractivity contribution in [3.05, 3.63) is 60.7 Å². The van der Waals surface area contributed by atoms with Crippen LogP contribution in [0.1, 0.15) is 0 Å². The average molecular weight is 297 g/mol. The van der Waals surface area contributed by atoms with Gasteiger partial charge in [0.15, 0.2) is 5.82 Å². The largest absolute Gasteiger partial charge is 0.343 e. The molecule has 0 atom stereocenters. The van der Waals surface area contributed by atoms with Gasteiger partial charge in [-0.2, -0.15) is 5.10 Å². The number of aromatic amines is 1. The second kappa shape index (κ2) is 4.73. The summed E-state index contributed by atoms with van der Waals surface area (Å²) in [6.07, 6.45) is 4.80. The summed E-state index contributed by atoms with van der Waals surface area (Å²) in [5, 5.41) is 4.23. The molecule has 0 radical (unpaired) electrons. The van der Waals surface area contributed by atoms with Crippen molar-refractivity contribution in [3.63, 3.8) is 0 Å². The molecule has 0 amide bonds. The predicted octanol–water partition coefficient (Wildman–Crippen LogP) is 3.06. The molecule has 22 heavy (non-hydrogen) atoms. The van der Waals surface area contributed by atoms with Crippen LogP contribution in [0.15, 0.2) is 49.1 Å². The minimum Gasteiger partial charge on any atom is -0.343 e. The van der Waals surface area contributed by atoms with E-state index in [2.05, 4.69) is 20.1 Å². The van der Waals surface area contributed by atoms with Gasteiger partial charge in [0, 0.05) is 12.4 Å². The zero-order chi connectivity index (χ0) is 15.1. The van der Waals surface area contributed by atoms with Crippen molar-refractivity contribution in [1.82, 2.24) is 24.6 Å². The van der Waals surface area contributed by atoms with Crippen molar-refractivity contribution in [3.8, 4) is 22.8 Å². The molecule has 4 aromatic rings. The molecule has 1 N–H and O–H groups in total. The Kier molecular flexibility index (Phi) is 2.72. The van der Waals surface area contributed by atoms with Crippen LogP contribution in [0.5, 0.6) is 0 Å². The topological polar surface area (TPSA) is 58.9 Å². The Morgan fingerprint density at radius 2 is 1.82 bits per heavy atom. The Bertz CT molecular complexity index is 939. The van der Waals surface area contributed by atoms with Crippen LogP contribution in [0.25, 0.3) is 28.3 Å². The Morgan fingerprint density at radius 3 is 2.55 bits per heavy atom. The van der Waals surface area contributed by atoms with Crippen molar-refractivity contribution in [2.75, 3.05) is 0 Å². The Morgan fingerprint density at radius 1 is 1.00 bits per heavy atom. The van der Waals surface area contributed by atoms with Crippen LogP contribution >= 0.6 is 0 Å². The van der Waals surface area contributed by atoms with Crippen LogP contribution in [0, 0.1) is 11.6 Å². The summed E-state index contributed by atoms with van der Waals surface area (Å²) in [6.45, 7) is 0. The van der Waals surface area contributed by atoms with Gasteiger partial charge in [-0.15, -0.1) is 0 Å². The summed E-state index contributed by atoms with van der Waals surface area (Å²) in [6, 6.07) is 6.99. The molecule has 0 spiro atoms. The number of imidazole rings is 2. The predicted molar refractivity (Wildman–Crippen MR) is 75.9 cm³/mol. The summed E-state index contributed by atoms with van der Waals surface area (Å²) in [7, 11) is 0. The molecule has 5 nitrogen and oxygen atoms in total. The van der Waals surface area contributed by atoms with Crippen LogP contribution in [0.3, 0.4) is 0 Å². The molecule has 0 aliphatic carbocycles. The molecule has 0 aliphatic rings. The maximum Gasteiger partial charge on any atom is 0.158 e. The first kappa shape index (κ1) is 12.6. The van der Waals surface area contributed by atoms with Gasteiger partial charge in [0.1, 0.15) is 23.7 Å². The van der Waals surface area contributed by atoms with Gasteiger partial charge in [0.25, 0.3) is 0 Å². The Hall–Kier alpha value is -3.09. The van der Waals surface area contributed by atoms with Crippen LogP contribution in [-0.4, -0.2) is 24.6 Å². The maximum atomic E-state index is 13.8. The van der Waals surface area contributed by atoms with Crippen molar-refractivity contribution in [1.29, 1.82) is 0 Å². The van der Waals surface area contributed by atoms with E-state index in [4.69, 9.17) is 0 Å². The molecule has 108 valence electrons. The van der Waals surface area contributed by atoms with Crippen LogP contribution < -0.4 is 0 Å². The average Bonchev–Trinajstić information content (AvgIpc) is 3.15. The molecule has 3 aromatic heterocycles.